The second kappa shape index (κ2) is 11.8. The lowest BCUT2D eigenvalue weighted by molar-refractivity contribution is -0.195. The van der Waals surface area contributed by atoms with E-state index in [1.165, 1.54) is 6.07 Å². The number of alkyl halides is 3. The van der Waals surface area contributed by atoms with Crippen molar-refractivity contribution < 1.29 is 32.2 Å². The zero-order chi connectivity index (χ0) is 28.0. The number of benzene rings is 1. The predicted octanol–water partition coefficient (Wildman–Crippen LogP) is 3.93. The van der Waals surface area contributed by atoms with E-state index in [9.17, 15) is 22.8 Å². The first-order valence-electron chi connectivity index (χ1n) is 11.6. The Balaban J connectivity index is 1.47. The van der Waals surface area contributed by atoms with Crippen molar-refractivity contribution in [2.75, 3.05) is 29.2 Å². The van der Waals surface area contributed by atoms with Crippen molar-refractivity contribution in [3.8, 4) is 0 Å². The number of amides is 1. The third kappa shape index (κ3) is 7.41. The van der Waals surface area contributed by atoms with Gasteiger partial charge in [0.2, 0.25) is 5.95 Å². The number of nitrogens with zero attached hydrogens (tertiary/aromatic N) is 4. The number of nitrogens with one attached hydrogen (secondary N) is 3. The number of carbonyl (C=O) groups is 2. The summed E-state index contributed by atoms with van der Waals surface area (Å²) in [6.07, 6.45) is 2.56. The first-order valence-corrected chi connectivity index (χ1v) is 11.6. The Morgan fingerprint density at radius 1 is 1.23 bits per heavy atom. The maximum atomic E-state index is 12.4. The van der Waals surface area contributed by atoms with Crippen LogP contribution in [0.25, 0.3) is 5.57 Å². The van der Waals surface area contributed by atoms with Gasteiger partial charge in [0.05, 0.1) is 25.1 Å². The van der Waals surface area contributed by atoms with Crippen LogP contribution in [0.3, 0.4) is 0 Å². The zero-order valence-electron chi connectivity index (χ0n) is 20.7. The number of anilines is 4. The van der Waals surface area contributed by atoms with Gasteiger partial charge in [0.25, 0.3) is 5.91 Å². The van der Waals surface area contributed by atoms with E-state index in [1.807, 2.05) is 6.08 Å². The summed E-state index contributed by atoms with van der Waals surface area (Å²) in [5.74, 6) is -3.68. The first-order chi connectivity index (χ1) is 18.6. The molecule has 1 aliphatic rings. The van der Waals surface area contributed by atoms with E-state index in [2.05, 4.69) is 42.3 Å². The molecule has 0 unspecified atom stereocenters. The lowest BCUT2D eigenvalue weighted by Gasteiger charge is -2.18. The molecule has 0 aliphatic carbocycles. The van der Waals surface area contributed by atoms with Crippen molar-refractivity contribution in [2.24, 2.45) is 7.05 Å². The van der Waals surface area contributed by atoms with Crippen LogP contribution < -0.4 is 16.0 Å². The van der Waals surface area contributed by atoms with Gasteiger partial charge in [0, 0.05) is 37.2 Å². The summed E-state index contributed by atoms with van der Waals surface area (Å²) in [5.41, 5.74) is 3.54. The van der Waals surface area contributed by atoms with Crippen LogP contribution >= 0.6 is 0 Å². The Morgan fingerprint density at radius 2 is 2.05 bits per heavy atom. The molecule has 11 nitrogen and oxygen atoms in total. The number of carbonyl (C=O) groups excluding carboxylic acids is 2. The van der Waals surface area contributed by atoms with Gasteiger partial charge in [-0.2, -0.15) is 23.3 Å². The number of ether oxygens (including phenoxy) is 2. The van der Waals surface area contributed by atoms with Crippen molar-refractivity contribution in [1.82, 2.24) is 19.7 Å². The molecule has 4 rings (SSSR count). The predicted molar refractivity (Wildman–Crippen MR) is 136 cm³/mol. The fourth-order valence-corrected chi connectivity index (χ4v) is 3.56. The van der Waals surface area contributed by atoms with Gasteiger partial charge < -0.3 is 25.4 Å². The van der Waals surface area contributed by atoms with E-state index in [0.29, 0.717) is 37.1 Å². The van der Waals surface area contributed by atoms with Crippen molar-refractivity contribution in [2.45, 2.75) is 19.1 Å². The fourth-order valence-electron chi connectivity index (χ4n) is 3.56. The minimum Gasteiger partial charge on any atom is -0.415 e. The van der Waals surface area contributed by atoms with E-state index >= 15 is 0 Å². The monoisotopic (exact) mass is 543 g/mol. The molecule has 1 aromatic carbocycles. The Bertz CT molecular complexity index is 1420. The second-order valence-electron chi connectivity index (χ2n) is 8.36. The van der Waals surface area contributed by atoms with Crippen LogP contribution in [-0.2, 0) is 32.7 Å². The van der Waals surface area contributed by atoms with Gasteiger partial charge in [0.15, 0.2) is 5.76 Å². The van der Waals surface area contributed by atoms with Crippen LogP contribution in [-0.4, -0.2) is 51.0 Å². The lowest BCUT2D eigenvalue weighted by atomic mass is 10.0. The first kappa shape index (κ1) is 27.3. The molecule has 1 aliphatic heterocycles. The van der Waals surface area contributed by atoms with E-state index in [-0.39, 0.29) is 12.2 Å². The Morgan fingerprint density at radius 3 is 2.74 bits per heavy atom. The molecule has 3 heterocycles. The minimum atomic E-state index is -5.25. The Labute approximate surface area is 220 Å². The van der Waals surface area contributed by atoms with Crippen LogP contribution in [0.2, 0.25) is 0 Å². The summed E-state index contributed by atoms with van der Waals surface area (Å²) in [7, 11) is 1.79. The maximum absolute atomic E-state index is 12.4. The van der Waals surface area contributed by atoms with Crippen molar-refractivity contribution in [1.29, 1.82) is 0 Å². The van der Waals surface area contributed by atoms with Gasteiger partial charge in [0.1, 0.15) is 5.82 Å². The normalized spacial score (nSPS) is 13.3. The van der Waals surface area contributed by atoms with Gasteiger partial charge in [-0.1, -0.05) is 24.8 Å². The number of esters is 1. The molecule has 0 atom stereocenters. The summed E-state index contributed by atoms with van der Waals surface area (Å²) in [5, 5.41) is 12.9. The molecule has 0 spiro atoms. The van der Waals surface area contributed by atoms with Crippen molar-refractivity contribution >= 4 is 40.6 Å². The summed E-state index contributed by atoms with van der Waals surface area (Å²) >= 11 is 0. The van der Waals surface area contributed by atoms with Gasteiger partial charge in [-0.05, 0) is 29.7 Å². The SMILES string of the molecule is C=C(OC(=O)C(F)(F)F)C(=O)Nc1cccc(CNc2nc(Nc3cnn(C)c3)ncc2C2=CCOCC2)c1. The number of hydrogen-bond acceptors (Lipinski definition) is 9. The fraction of sp³-hybridized carbons (Fsp3) is 0.240. The van der Waals surface area contributed by atoms with Gasteiger partial charge >= 0.3 is 12.1 Å². The molecule has 14 heteroatoms. The van der Waals surface area contributed by atoms with Crippen LogP contribution in [0, 0.1) is 0 Å². The average molecular weight is 544 g/mol. The smallest absolute Gasteiger partial charge is 0.415 e. The molecular formula is C25H24F3N7O4. The number of rotatable bonds is 9. The largest absolute Gasteiger partial charge is 0.491 e. The third-order valence-electron chi connectivity index (χ3n) is 5.40. The molecule has 0 saturated heterocycles. The molecule has 0 saturated carbocycles. The minimum absolute atomic E-state index is 0.262. The van der Waals surface area contributed by atoms with E-state index in [4.69, 9.17) is 4.74 Å². The molecule has 3 N–H and O–H groups in total. The standard InChI is InChI=1S/C25H24F3N7O4/c1-15(39-23(37)25(26,27)28)22(36)32-18-5-3-4-16(10-18)11-29-21-20(17-6-8-38-9-7-17)13-30-24(34-21)33-19-12-31-35(2)14-19/h3-6,10,12-14H,1,7-9,11H2,2H3,(H,32,36)(H2,29,30,33,34). The third-order valence-corrected chi connectivity index (χ3v) is 5.40. The number of hydrogen-bond donors (Lipinski definition) is 3. The topological polar surface area (TPSA) is 132 Å². The summed E-state index contributed by atoms with van der Waals surface area (Å²) in [6, 6.07) is 6.56. The molecular weight excluding hydrogens is 519 g/mol. The number of halogens is 3. The van der Waals surface area contributed by atoms with E-state index in [1.54, 1.807) is 48.5 Å². The highest BCUT2D eigenvalue weighted by molar-refractivity contribution is 6.03. The molecule has 0 bridgehead atoms. The highest BCUT2D eigenvalue weighted by atomic mass is 19.4. The van der Waals surface area contributed by atoms with Crippen LogP contribution in [0.1, 0.15) is 17.5 Å². The quantitative estimate of drug-likeness (QED) is 0.209. The lowest BCUT2D eigenvalue weighted by Crippen LogP contribution is -2.28. The maximum Gasteiger partial charge on any atom is 0.491 e. The summed E-state index contributed by atoms with van der Waals surface area (Å²) < 4.78 is 48.2. The van der Waals surface area contributed by atoms with Crippen LogP contribution in [0.5, 0.6) is 0 Å². The van der Waals surface area contributed by atoms with Gasteiger partial charge in [-0.3, -0.25) is 9.48 Å². The van der Waals surface area contributed by atoms with Gasteiger partial charge in [-0.25, -0.2) is 9.78 Å². The number of aromatic nitrogens is 4. The van der Waals surface area contributed by atoms with Crippen LogP contribution in [0.4, 0.5) is 36.3 Å². The van der Waals surface area contributed by atoms with Gasteiger partial charge in [-0.15, -0.1) is 0 Å². The highest BCUT2D eigenvalue weighted by Gasteiger charge is 2.42. The Hall–Kier alpha value is -4.72. The molecule has 3 aromatic rings. The zero-order valence-corrected chi connectivity index (χ0v) is 20.7. The van der Waals surface area contributed by atoms with Crippen molar-refractivity contribution in [3.05, 3.63) is 72.4 Å². The summed E-state index contributed by atoms with van der Waals surface area (Å²) in [4.78, 5) is 32.2. The second-order valence-corrected chi connectivity index (χ2v) is 8.36. The molecule has 0 radical (unpaired) electrons. The molecule has 2 aromatic heterocycles. The highest BCUT2D eigenvalue weighted by Crippen LogP contribution is 2.28. The van der Waals surface area contributed by atoms with E-state index in [0.717, 1.165) is 16.7 Å². The molecule has 39 heavy (non-hydrogen) atoms. The van der Waals surface area contributed by atoms with E-state index < -0.39 is 23.8 Å². The van der Waals surface area contributed by atoms with Crippen LogP contribution in [0.15, 0.2) is 61.3 Å². The molecule has 204 valence electrons. The molecule has 1 amide bonds. The van der Waals surface area contributed by atoms with Crippen molar-refractivity contribution in [3.63, 3.8) is 0 Å². The summed E-state index contributed by atoms with van der Waals surface area (Å²) in [6.45, 7) is 4.43. The average Bonchev–Trinajstić information content (AvgIpc) is 3.32. The number of aryl methyl sites for hydroxylation is 1. The Kier molecular flexibility index (Phi) is 8.24. The molecule has 0 fully saturated rings.